The highest BCUT2D eigenvalue weighted by Crippen LogP contribution is 2.25. The van der Waals surface area contributed by atoms with Crippen molar-refractivity contribution < 1.29 is 14.6 Å². The molecule has 5 heteroatoms. The van der Waals surface area contributed by atoms with Crippen LogP contribution >= 0.6 is 0 Å². The summed E-state index contributed by atoms with van der Waals surface area (Å²) in [6.45, 7) is 3.99. The van der Waals surface area contributed by atoms with Crippen LogP contribution < -0.4 is 15.4 Å². The van der Waals surface area contributed by atoms with Crippen LogP contribution in [0.3, 0.4) is 0 Å². The Labute approximate surface area is 125 Å². The first kappa shape index (κ1) is 15.4. The molecule has 0 aromatic heterocycles. The van der Waals surface area contributed by atoms with Gasteiger partial charge in [0.1, 0.15) is 5.75 Å². The van der Waals surface area contributed by atoms with E-state index >= 15 is 0 Å². The second-order valence-corrected chi connectivity index (χ2v) is 5.43. The van der Waals surface area contributed by atoms with Crippen LogP contribution in [0.1, 0.15) is 20.3 Å². The Hall–Kier alpha value is -2.01. The zero-order valence-corrected chi connectivity index (χ0v) is 12.4. The van der Waals surface area contributed by atoms with Gasteiger partial charge >= 0.3 is 6.03 Å². The van der Waals surface area contributed by atoms with Gasteiger partial charge in [0.05, 0.1) is 11.8 Å². The molecule has 2 amide bonds. The van der Waals surface area contributed by atoms with E-state index in [1.807, 2.05) is 44.2 Å². The van der Waals surface area contributed by atoms with Crippen LogP contribution in [-0.4, -0.2) is 29.9 Å². The number of anilines is 1. The fraction of sp³-hybridized carbons (Fsp3) is 0.438. The average molecular weight is 290 g/mol. The van der Waals surface area contributed by atoms with Crippen molar-refractivity contribution in [1.29, 1.82) is 0 Å². The summed E-state index contributed by atoms with van der Waals surface area (Å²) in [6, 6.07) is 7.03. The molecule has 0 unspecified atom stereocenters. The Morgan fingerprint density at radius 2 is 2.14 bits per heavy atom. The van der Waals surface area contributed by atoms with Crippen LogP contribution in [0.5, 0.6) is 5.75 Å². The van der Waals surface area contributed by atoms with Crippen molar-refractivity contribution in [3.63, 3.8) is 0 Å². The number of ether oxygens (including phenoxy) is 1. The summed E-state index contributed by atoms with van der Waals surface area (Å²) < 4.78 is 5.66. The van der Waals surface area contributed by atoms with Gasteiger partial charge in [0.2, 0.25) is 0 Å². The predicted octanol–water partition coefficient (Wildman–Crippen LogP) is 2.53. The highest BCUT2D eigenvalue weighted by Gasteiger charge is 2.20. The fourth-order valence-corrected chi connectivity index (χ4v) is 2.27. The molecule has 0 saturated carbocycles. The van der Waals surface area contributed by atoms with Crippen molar-refractivity contribution >= 4 is 11.7 Å². The number of carbonyl (C=O) groups excluding carboxylic acids is 1. The third-order valence-corrected chi connectivity index (χ3v) is 3.22. The Bertz CT molecular complexity index is 514. The molecule has 2 rings (SSSR count). The minimum absolute atomic E-state index is 0.0408. The Kier molecular flexibility index (Phi) is 5.22. The van der Waals surface area contributed by atoms with Gasteiger partial charge in [0.15, 0.2) is 0 Å². The lowest BCUT2D eigenvalue weighted by Crippen LogP contribution is -2.36. The molecule has 0 heterocycles. The monoisotopic (exact) mass is 290 g/mol. The lowest BCUT2D eigenvalue weighted by molar-refractivity contribution is 0.237. The summed E-state index contributed by atoms with van der Waals surface area (Å²) in [4.78, 5) is 12.0. The first-order valence-corrected chi connectivity index (χ1v) is 7.21. The smallest absolute Gasteiger partial charge is 0.319 e. The summed E-state index contributed by atoms with van der Waals surface area (Å²) >= 11 is 0. The Morgan fingerprint density at radius 1 is 1.38 bits per heavy atom. The molecule has 0 radical (unpaired) electrons. The normalized spacial score (nSPS) is 20.6. The van der Waals surface area contributed by atoms with Gasteiger partial charge in [0.25, 0.3) is 0 Å². The van der Waals surface area contributed by atoms with Gasteiger partial charge < -0.3 is 20.5 Å². The largest absolute Gasteiger partial charge is 0.489 e. The number of hydrogen-bond donors (Lipinski definition) is 3. The van der Waals surface area contributed by atoms with Crippen molar-refractivity contribution in [2.75, 3.05) is 11.9 Å². The van der Waals surface area contributed by atoms with E-state index in [-0.39, 0.29) is 30.7 Å². The molecule has 3 N–H and O–H groups in total. The van der Waals surface area contributed by atoms with E-state index in [0.717, 1.165) is 6.42 Å². The van der Waals surface area contributed by atoms with Gasteiger partial charge in [0, 0.05) is 18.6 Å². The van der Waals surface area contributed by atoms with Crippen LogP contribution in [0.4, 0.5) is 10.5 Å². The topological polar surface area (TPSA) is 70.6 Å². The molecule has 5 nitrogen and oxygen atoms in total. The quantitative estimate of drug-likeness (QED) is 0.730. The molecule has 0 spiro atoms. The minimum atomic E-state index is -0.275. The molecular formula is C16H22N2O3. The number of carbonyl (C=O) groups is 1. The number of aliphatic hydroxyl groups excluding tert-OH is 1. The van der Waals surface area contributed by atoms with Crippen molar-refractivity contribution in [1.82, 2.24) is 5.32 Å². The Morgan fingerprint density at radius 3 is 2.81 bits per heavy atom. The van der Waals surface area contributed by atoms with Gasteiger partial charge in [-0.3, -0.25) is 0 Å². The molecule has 1 aromatic rings. The summed E-state index contributed by atoms with van der Waals surface area (Å²) in [5, 5.41) is 14.8. The first-order chi connectivity index (χ1) is 10.1. The number of amides is 2. The summed E-state index contributed by atoms with van der Waals surface area (Å²) in [7, 11) is 0. The van der Waals surface area contributed by atoms with Crippen molar-refractivity contribution in [3.05, 3.63) is 36.4 Å². The zero-order valence-electron chi connectivity index (χ0n) is 12.4. The van der Waals surface area contributed by atoms with Crippen molar-refractivity contribution in [2.45, 2.75) is 32.4 Å². The van der Waals surface area contributed by atoms with Gasteiger partial charge in [-0.15, -0.1) is 0 Å². The third kappa shape index (κ3) is 4.49. The number of nitrogens with one attached hydrogen (secondary N) is 2. The molecule has 21 heavy (non-hydrogen) atoms. The maximum absolute atomic E-state index is 12.0. The average Bonchev–Trinajstić information content (AvgIpc) is 2.88. The molecule has 1 aromatic carbocycles. The van der Waals surface area contributed by atoms with E-state index in [2.05, 4.69) is 10.6 Å². The summed E-state index contributed by atoms with van der Waals surface area (Å²) in [5.41, 5.74) is 0.643. The molecule has 0 aliphatic heterocycles. The maximum Gasteiger partial charge on any atom is 0.319 e. The Balaban J connectivity index is 1.92. The van der Waals surface area contributed by atoms with Gasteiger partial charge in [-0.05, 0) is 32.4 Å². The number of aliphatic hydroxyl groups is 1. The van der Waals surface area contributed by atoms with Crippen LogP contribution in [0.25, 0.3) is 0 Å². The minimum Gasteiger partial charge on any atom is -0.489 e. The van der Waals surface area contributed by atoms with E-state index in [4.69, 9.17) is 9.84 Å². The van der Waals surface area contributed by atoms with Crippen LogP contribution in [0.2, 0.25) is 0 Å². The van der Waals surface area contributed by atoms with Gasteiger partial charge in [-0.25, -0.2) is 4.79 Å². The lowest BCUT2D eigenvalue weighted by Gasteiger charge is -2.17. The van der Waals surface area contributed by atoms with Crippen LogP contribution in [0, 0.1) is 5.92 Å². The number of benzene rings is 1. The molecule has 0 saturated heterocycles. The lowest BCUT2D eigenvalue weighted by atomic mass is 10.1. The van der Waals surface area contributed by atoms with Gasteiger partial charge in [-0.1, -0.05) is 24.3 Å². The molecule has 1 aliphatic carbocycles. The molecule has 1 aliphatic rings. The molecule has 2 atom stereocenters. The van der Waals surface area contributed by atoms with Crippen LogP contribution in [-0.2, 0) is 0 Å². The number of urea groups is 1. The van der Waals surface area contributed by atoms with Crippen molar-refractivity contribution in [3.8, 4) is 5.75 Å². The zero-order chi connectivity index (χ0) is 15.2. The maximum atomic E-state index is 12.0. The standard InChI is InChI=1S/C16H22N2O3/c1-11(2)21-15-6-4-3-5-14(15)18-16(20)17-13-8-7-12(9-13)10-19/h3-8,11-13,19H,9-10H2,1-2H3,(H2,17,18,20)/t12-,13+/m0/s1. The van der Waals surface area contributed by atoms with E-state index in [1.165, 1.54) is 0 Å². The third-order valence-electron chi connectivity index (χ3n) is 3.22. The summed E-state index contributed by atoms with van der Waals surface area (Å²) in [5.74, 6) is 0.782. The number of hydrogen-bond acceptors (Lipinski definition) is 3. The summed E-state index contributed by atoms with van der Waals surface area (Å²) in [6.07, 6.45) is 4.62. The van der Waals surface area contributed by atoms with E-state index < -0.39 is 0 Å². The van der Waals surface area contributed by atoms with E-state index in [9.17, 15) is 4.79 Å². The fourth-order valence-electron chi connectivity index (χ4n) is 2.27. The first-order valence-electron chi connectivity index (χ1n) is 7.21. The van der Waals surface area contributed by atoms with Crippen molar-refractivity contribution in [2.24, 2.45) is 5.92 Å². The van der Waals surface area contributed by atoms with Crippen LogP contribution in [0.15, 0.2) is 36.4 Å². The molecular weight excluding hydrogens is 268 g/mol. The molecule has 114 valence electrons. The number of para-hydroxylation sites is 2. The number of rotatable bonds is 5. The highest BCUT2D eigenvalue weighted by atomic mass is 16.5. The van der Waals surface area contributed by atoms with E-state index in [1.54, 1.807) is 6.07 Å². The second-order valence-electron chi connectivity index (χ2n) is 5.43. The highest BCUT2D eigenvalue weighted by molar-refractivity contribution is 5.91. The second kappa shape index (κ2) is 7.13. The molecule has 0 bridgehead atoms. The SMILES string of the molecule is CC(C)Oc1ccccc1NC(=O)N[C@@H]1C=C[C@H](CO)C1. The predicted molar refractivity (Wildman–Crippen MR) is 82.5 cm³/mol. The van der Waals surface area contributed by atoms with Gasteiger partial charge in [-0.2, -0.15) is 0 Å². The molecule has 0 fully saturated rings. The van der Waals surface area contributed by atoms with E-state index in [0.29, 0.717) is 11.4 Å².